The van der Waals surface area contributed by atoms with E-state index in [2.05, 4.69) is 15.3 Å². The highest BCUT2D eigenvalue weighted by Crippen LogP contribution is 2.47. The number of nitro groups is 1. The van der Waals surface area contributed by atoms with Gasteiger partial charge in [-0.05, 0) is 62.1 Å². The summed E-state index contributed by atoms with van der Waals surface area (Å²) in [6, 6.07) is 6.21. The molecule has 1 aromatic carbocycles. The summed E-state index contributed by atoms with van der Waals surface area (Å²) in [5, 5.41) is 26.3. The van der Waals surface area contributed by atoms with Gasteiger partial charge in [-0.15, -0.1) is 0 Å². The molecule has 2 atom stereocenters. The molecule has 2 bridgehead atoms. The Hall–Kier alpha value is -4.08. The predicted octanol–water partition coefficient (Wildman–Crippen LogP) is 4.69. The van der Waals surface area contributed by atoms with Crippen molar-refractivity contribution in [2.24, 2.45) is 17.8 Å². The number of carboxylic acids is 1. The Labute approximate surface area is 200 Å². The van der Waals surface area contributed by atoms with Crippen LogP contribution in [0.4, 0.5) is 11.5 Å². The predicted molar refractivity (Wildman–Crippen MR) is 130 cm³/mol. The standard InChI is InChI=1S/C25H24N6O4/c1-12-8-16-18(11-27-22(16)26-10-12)24-28-19-7-6-15(31(34)35)9-17(19)23(30-24)29-21-14-4-2-13(3-5-14)20(21)25(32)33/h6-11,13-14,20-21H,2-5H2,1H3,(H,26,27)(H,32,33)(H,28,29,30). The summed E-state index contributed by atoms with van der Waals surface area (Å²) in [6.07, 6.45) is 7.35. The monoisotopic (exact) mass is 472 g/mol. The number of carboxylic acid groups (broad SMARTS) is 1. The summed E-state index contributed by atoms with van der Waals surface area (Å²) >= 11 is 0. The number of aryl methyl sites for hydroxylation is 1. The van der Waals surface area contributed by atoms with E-state index in [1.165, 1.54) is 12.1 Å². The normalized spacial score (nSPS) is 23.6. The molecule has 3 aliphatic carbocycles. The van der Waals surface area contributed by atoms with Crippen LogP contribution in [0.25, 0.3) is 33.3 Å². The molecule has 3 fully saturated rings. The fourth-order valence-electron chi connectivity index (χ4n) is 5.92. The SMILES string of the molecule is Cc1cnc2[nH]cc(-c3nc(NC4C5CCC(CC5)C4C(=O)O)c4cc([N+](=O)[O-])ccc4n3)c2c1. The third-order valence-corrected chi connectivity index (χ3v) is 7.61. The van der Waals surface area contributed by atoms with Crippen LogP contribution in [0.3, 0.4) is 0 Å². The molecule has 0 saturated heterocycles. The van der Waals surface area contributed by atoms with E-state index in [-0.39, 0.29) is 23.6 Å². The van der Waals surface area contributed by atoms with E-state index < -0.39 is 16.8 Å². The lowest BCUT2D eigenvalue weighted by Crippen LogP contribution is -2.51. The average molecular weight is 473 g/mol. The Morgan fingerprint density at radius 2 is 1.91 bits per heavy atom. The van der Waals surface area contributed by atoms with Gasteiger partial charge in [-0.25, -0.2) is 15.0 Å². The molecule has 10 heteroatoms. The lowest BCUT2D eigenvalue weighted by molar-refractivity contribution is -0.384. The molecule has 4 aromatic rings. The maximum atomic E-state index is 12.2. The van der Waals surface area contributed by atoms with Crippen molar-refractivity contribution in [3.63, 3.8) is 0 Å². The highest BCUT2D eigenvalue weighted by atomic mass is 16.6. The van der Waals surface area contributed by atoms with E-state index in [1.807, 2.05) is 13.0 Å². The number of aromatic amines is 1. The number of anilines is 1. The molecule has 3 aliphatic rings. The summed E-state index contributed by atoms with van der Waals surface area (Å²) in [5.41, 5.74) is 2.95. The van der Waals surface area contributed by atoms with Crippen LogP contribution in [-0.2, 0) is 4.79 Å². The van der Waals surface area contributed by atoms with Crippen molar-refractivity contribution in [2.75, 3.05) is 5.32 Å². The lowest BCUT2D eigenvalue weighted by atomic mass is 9.61. The Morgan fingerprint density at radius 3 is 2.66 bits per heavy atom. The second-order valence-corrected chi connectivity index (χ2v) is 9.67. The van der Waals surface area contributed by atoms with Crippen molar-refractivity contribution in [3.8, 4) is 11.4 Å². The largest absolute Gasteiger partial charge is 0.481 e. The zero-order valence-electron chi connectivity index (χ0n) is 19.1. The molecule has 2 unspecified atom stereocenters. The van der Waals surface area contributed by atoms with Gasteiger partial charge in [0.2, 0.25) is 0 Å². The Bertz CT molecular complexity index is 1490. The van der Waals surface area contributed by atoms with Gasteiger partial charge >= 0.3 is 5.97 Å². The van der Waals surface area contributed by atoms with Crippen molar-refractivity contribution in [1.29, 1.82) is 0 Å². The topological polar surface area (TPSA) is 147 Å². The van der Waals surface area contributed by atoms with E-state index in [0.29, 0.717) is 28.2 Å². The molecule has 10 nitrogen and oxygen atoms in total. The van der Waals surface area contributed by atoms with Crippen LogP contribution < -0.4 is 5.32 Å². The van der Waals surface area contributed by atoms with Gasteiger partial charge in [0.05, 0.1) is 16.4 Å². The fraction of sp³-hybridized carbons (Fsp3) is 0.360. The lowest BCUT2D eigenvalue weighted by Gasteiger charge is -2.47. The van der Waals surface area contributed by atoms with E-state index in [1.54, 1.807) is 18.5 Å². The van der Waals surface area contributed by atoms with Crippen molar-refractivity contribution in [2.45, 2.75) is 38.6 Å². The highest BCUT2D eigenvalue weighted by molar-refractivity contribution is 5.96. The number of hydrogen-bond donors (Lipinski definition) is 3. The third kappa shape index (κ3) is 3.56. The average Bonchev–Trinajstić information content (AvgIpc) is 3.27. The maximum absolute atomic E-state index is 12.2. The zero-order valence-corrected chi connectivity index (χ0v) is 19.1. The number of nitrogens with zero attached hydrogens (tertiary/aromatic N) is 4. The van der Waals surface area contributed by atoms with Gasteiger partial charge in [-0.3, -0.25) is 14.9 Å². The fourth-order valence-corrected chi connectivity index (χ4v) is 5.92. The van der Waals surface area contributed by atoms with Crippen molar-refractivity contribution in [3.05, 3.63) is 52.3 Å². The molecular weight excluding hydrogens is 448 g/mol. The number of benzene rings is 1. The van der Waals surface area contributed by atoms with Crippen LogP contribution in [0.1, 0.15) is 31.2 Å². The van der Waals surface area contributed by atoms with Crippen LogP contribution in [0.2, 0.25) is 0 Å². The van der Waals surface area contributed by atoms with Crippen LogP contribution in [0.5, 0.6) is 0 Å². The minimum atomic E-state index is -0.806. The summed E-state index contributed by atoms with van der Waals surface area (Å²) in [6.45, 7) is 1.96. The number of hydrogen-bond acceptors (Lipinski definition) is 7. The van der Waals surface area contributed by atoms with Gasteiger partial charge < -0.3 is 15.4 Å². The van der Waals surface area contributed by atoms with Gasteiger partial charge in [0.1, 0.15) is 11.5 Å². The number of pyridine rings is 1. The van der Waals surface area contributed by atoms with Crippen molar-refractivity contribution >= 4 is 39.4 Å². The molecule has 3 N–H and O–H groups in total. The van der Waals surface area contributed by atoms with Gasteiger partial charge in [0.15, 0.2) is 5.82 Å². The quantitative estimate of drug-likeness (QED) is 0.280. The first-order valence-corrected chi connectivity index (χ1v) is 11.8. The molecule has 0 spiro atoms. The number of rotatable bonds is 5. The summed E-state index contributed by atoms with van der Waals surface area (Å²) in [5.74, 6) is -0.116. The van der Waals surface area contributed by atoms with Crippen molar-refractivity contribution < 1.29 is 14.8 Å². The van der Waals surface area contributed by atoms with Gasteiger partial charge in [0, 0.05) is 46.9 Å². The summed E-state index contributed by atoms with van der Waals surface area (Å²) in [7, 11) is 0. The summed E-state index contributed by atoms with van der Waals surface area (Å²) in [4.78, 5) is 40.3. The van der Waals surface area contributed by atoms with Crippen LogP contribution >= 0.6 is 0 Å². The number of fused-ring (bicyclic) bond motifs is 5. The van der Waals surface area contributed by atoms with Crippen molar-refractivity contribution in [1.82, 2.24) is 19.9 Å². The highest BCUT2D eigenvalue weighted by Gasteiger charge is 2.47. The van der Waals surface area contributed by atoms with Crippen LogP contribution in [-0.4, -0.2) is 42.0 Å². The Balaban J connectivity index is 1.52. The smallest absolute Gasteiger partial charge is 0.308 e. The van der Waals surface area contributed by atoms with Gasteiger partial charge in [-0.2, -0.15) is 0 Å². The molecule has 0 aliphatic heterocycles. The molecule has 3 saturated carbocycles. The molecular formula is C25H24N6O4. The van der Waals surface area contributed by atoms with Crippen LogP contribution in [0.15, 0.2) is 36.7 Å². The molecule has 178 valence electrons. The first-order chi connectivity index (χ1) is 16.9. The number of H-pyrrole nitrogens is 1. The van der Waals surface area contributed by atoms with E-state index >= 15 is 0 Å². The zero-order chi connectivity index (χ0) is 24.3. The second kappa shape index (κ2) is 8.00. The number of nitro benzene ring substituents is 1. The van der Waals surface area contributed by atoms with Gasteiger partial charge in [-0.1, -0.05) is 0 Å². The van der Waals surface area contributed by atoms with Gasteiger partial charge in [0.25, 0.3) is 5.69 Å². The first kappa shape index (κ1) is 21.5. The minimum absolute atomic E-state index is 0.0660. The van der Waals surface area contributed by atoms with E-state index in [0.717, 1.165) is 42.2 Å². The number of aliphatic carboxylic acids is 1. The molecule has 7 rings (SSSR count). The maximum Gasteiger partial charge on any atom is 0.308 e. The number of nitrogens with one attached hydrogen (secondary N) is 2. The Morgan fingerprint density at radius 1 is 1.14 bits per heavy atom. The molecule has 0 amide bonds. The molecule has 3 aromatic heterocycles. The number of non-ortho nitro benzene ring substituents is 1. The molecule has 0 radical (unpaired) electrons. The Kier molecular flexibility index (Phi) is 4.91. The van der Waals surface area contributed by atoms with Crippen LogP contribution in [0, 0.1) is 34.8 Å². The molecule has 35 heavy (non-hydrogen) atoms. The second-order valence-electron chi connectivity index (χ2n) is 9.67. The third-order valence-electron chi connectivity index (χ3n) is 7.61. The van der Waals surface area contributed by atoms with E-state index in [4.69, 9.17) is 9.97 Å². The minimum Gasteiger partial charge on any atom is -0.481 e. The molecule has 3 heterocycles. The number of aromatic nitrogens is 4. The first-order valence-electron chi connectivity index (χ1n) is 11.8. The van der Waals surface area contributed by atoms with E-state index in [9.17, 15) is 20.0 Å². The number of carbonyl (C=O) groups is 1. The summed E-state index contributed by atoms with van der Waals surface area (Å²) < 4.78 is 0.